The van der Waals surface area contributed by atoms with Crippen molar-refractivity contribution in [1.82, 2.24) is 0 Å². The summed E-state index contributed by atoms with van der Waals surface area (Å²) < 4.78 is 50.1. The highest BCUT2D eigenvalue weighted by Crippen LogP contribution is 2.33. The van der Waals surface area contributed by atoms with E-state index in [1.165, 1.54) is 25.0 Å². The lowest BCUT2D eigenvalue weighted by Crippen LogP contribution is -2.33. The zero-order chi connectivity index (χ0) is 19.6. The van der Waals surface area contributed by atoms with E-state index >= 15 is 0 Å². The molecular weight excluding hydrogens is 367 g/mol. The average molecular weight is 391 g/mol. The van der Waals surface area contributed by atoms with Crippen LogP contribution in [0.1, 0.15) is 24.8 Å². The highest BCUT2D eigenvalue weighted by Gasteiger charge is 2.35. The van der Waals surface area contributed by atoms with Crippen LogP contribution in [0.2, 0.25) is 0 Å². The molecule has 0 radical (unpaired) electrons. The van der Waals surface area contributed by atoms with Gasteiger partial charge in [0.15, 0.2) is 0 Å². The van der Waals surface area contributed by atoms with Crippen molar-refractivity contribution < 1.29 is 22.6 Å². The number of nitrogens with zero attached hydrogens (tertiary/aromatic N) is 1. The number of rotatable bonds is 7. The SMILES string of the molecule is FC(F)(F)c1ccc(O[C@@H]2C[C@@H](COCC3CC3)N(c3ccccc3)C2)cc1. The highest BCUT2D eigenvalue weighted by atomic mass is 19.4. The van der Waals surface area contributed by atoms with Crippen molar-refractivity contribution in [2.75, 3.05) is 24.7 Å². The van der Waals surface area contributed by atoms with Gasteiger partial charge in [0.2, 0.25) is 0 Å². The van der Waals surface area contributed by atoms with Crippen LogP contribution in [0.15, 0.2) is 54.6 Å². The minimum Gasteiger partial charge on any atom is -0.489 e. The molecule has 1 saturated carbocycles. The molecule has 2 aromatic carbocycles. The van der Waals surface area contributed by atoms with Crippen LogP contribution < -0.4 is 9.64 Å². The molecule has 1 aliphatic carbocycles. The molecular formula is C22H24F3NO2. The fourth-order valence-electron chi connectivity index (χ4n) is 3.62. The third kappa shape index (κ3) is 4.79. The van der Waals surface area contributed by atoms with Gasteiger partial charge in [0, 0.05) is 18.7 Å². The van der Waals surface area contributed by atoms with Crippen LogP contribution in [0.5, 0.6) is 5.75 Å². The van der Waals surface area contributed by atoms with E-state index in [2.05, 4.69) is 17.0 Å². The number of anilines is 1. The van der Waals surface area contributed by atoms with Gasteiger partial charge in [-0.15, -0.1) is 0 Å². The van der Waals surface area contributed by atoms with Crippen LogP contribution in [0.3, 0.4) is 0 Å². The molecule has 0 unspecified atom stereocenters. The van der Waals surface area contributed by atoms with Crippen LogP contribution in [0.4, 0.5) is 18.9 Å². The fourth-order valence-corrected chi connectivity index (χ4v) is 3.62. The molecule has 0 bridgehead atoms. The van der Waals surface area contributed by atoms with Gasteiger partial charge in [-0.1, -0.05) is 18.2 Å². The molecule has 1 aliphatic heterocycles. The minimum absolute atomic E-state index is 0.0912. The van der Waals surface area contributed by atoms with E-state index in [0.29, 0.717) is 24.8 Å². The van der Waals surface area contributed by atoms with Crippen LogP contribution in [-0.2, 0) is 10.9 Å². The molecule has 6 heteroatoms. The summed E-state index contributed by atoms with van der Waals surface area (Å²) in [5.41, 5.74) is 0.449. The standard InChI is InChI=1S/C22H24F3NO2/c23-22(24,25)17-8-10-20(11-9-17)28-21-12-19(15-27-14-16-6-7-16)26(13-21)18-4-2-1-3-5-18/h1-5,8-11,16,19,21H,6-7,12-15H2/t19-,21+/m0/s1. The van der Waals surface area contributed by atoms with Crippen LogP contribution in [0.25, 0.3) is 0 Å². The first-order valence-electron chi connectivity index (χ1n) is 9.72. The zero-order valence-corrected chi connectivity index (χ0v) is 15.6. The predicted octanol–water partition coefficient (Wildman–Crippen LogP) is 5.16. The van der Waals surface area contributed by atoms with E-state index in [1.54, 1.807) is 0 Å². The molecule has 2 aliphatic rings. The predicted molar refractivity (Wildman–Crippen MR) is 102 cm³/mol. The van der Waals surface area contributed by atoms with Gasteiger partial charge in [-0.2, -0.15) is 13.2 Å². The van der Waals surface area contributed by atoms with Gasteiger partial charge in [-0.25, -0.2) is 0 Å². The normalized spacial score (nSPS) is 22.5. The van der Waals surface area contributed by atoms with Crippen LogP contribution in [0, 0.1) is 5.92 Å². The molecule has 3 nitrogen and oxygen atoms in total. The maximum absolute atomic E-state index is 12.7. The Kier molecular flexibility index (Phi) is 5.49. The van der Waals surface area contributed by atoms with Crippen LogP contribution >= 0.6 is 0 Å². The molecule has 0 aromatic heterocycles. The van der Waals surface area contributed by atoms with Gasteiger partial charge >= 0.3 is 6.18 Å². The smallest absolute Gasteiger partial charge is 0.416 e. The first-order chi connectivity index (χ1) is 13.5. The monoisotopic (exact) mass is 391 g/mol. The zero-order valence-electron chi connectivity index (χ0n) is 15.6. The Hall–Kier alpha value is -2.21. The summed E-state index contributed by atoms with van der Waals surface area (Å²) in [7, 11) is 0. The van der Waals surface area contributed by atoms with Gasteiger partial charge in [0.25, 0.3) is 0 Å². The third-order valence-electron chi connectivity index (χ3n) is 5.31. The maximum Gasteiger partial charge on any atom is 0.416 e. The van der Waals surface area contributed by atoms with E-state index < -0.39 is 11.7 Å². The molecule has 2 atom stereocenters. The van der Waals surface area contributed by atoms with E-state index in [-0.39, 0.29) is 12.1 Å². The van der Waals surface area contributed by atoms with E-state index in [4.69, 9.17) is 9.47 Å². The van der Waals surface area contributed by atoms with Crippen molar-refractivity contribution in [1.29, 1.82) is 0 Å². The third-order valence-corrected chi connectivity index (χ3v) is 5.31. The topological polar surface area (TPSA) is 21.7 Å². The molecule has 1 heterocycles. The number of halogens is 3. The summed E-state index contributed by atoms with van der Waals surface area (Å²) in [6.45, 7) is 2.13. The van der Waals surface area contributed by atoms with Crippen molar-refractivity contribution in [2.24, 2.45) is 5.92 Å². The number of benzene rings is 2. The minimum atomic E-state index is -4.33. The van der Waals surface area contributed by atoms with E-state index in [1.807, 2.05) is 18.2 Å². The first-order valence-corrected chi connectivity index (χ1v) is 9.72. The second kappa shape index (κ2) is 8.03. The summed E-state index contributed by atoms with van der Waals surface area (Å²) >= 11 is 0. The molecule has 1 saturated heterocycles. The lowest BCUT2D eigenvalue weighted by Gasteiger charge is -2.26. The van der Waals surface area contributed by atoms with E-state index in [9.17, 15) is 13.2 Å². The van der Waals surface area contributed by atoms with Crippen molar-refractivity contribution >= 4 is 5.69 Å². The van der Waals surface area contributed by atoms with Crippen LogP contribution in [-0.4, -0.2) is 31.9 Å². The maximum atomic E-state index is 12.7. The van der Waals surface area contributed by atoms with Crippen molar-refractivity contribution in [3.63, 3.8) is 0 Å². The Morgan fingerprint density at radius 2 is 1.64 bits per heavy atom. The quantitative estimate of drug-likeness (QED) is 0.651. The molecule has 150 valence electrons. The fraction of sp³-hybridized carbons (Fsp3) is 0.455. The Morgan fingerprint density at radius 3 is 2.29 bits per heavy atom. The Labute approximate surface area is 163 Å². The first kappa shape index (κ1) is 19.1. The van der Waals surface area contributed by atoms with Gasteiger partial charge in [-0.05, 0) is 55.2 Å². The molecule has 0 amide bonds. The van der Waals surface area contributed by atoms with Crippen molar-refractivity contribution in [3.8, 4) is 5.75 Å². The Morgan fingerprint density at radius 1 is 0.929 bits per heavy atom. The Balaban J connectivity index is 1.41. The average Bonchev–Trinajstić information content (AvgIpc) is 3.42. The molecule has 28 heavy (non-hydrogen) atoms. The van der Waals surface area contributed by atoms with E-state index in [0.717, 1.165) is 30.8 Å². The summed E-state index contributed by atoms with van der Waals surface area (Å²) in [6, 6.07) is 15.2. The molecule has 4 rings (SSSR count). The van der Waals surface area contributed by atoms with Gasteiger partial charge in [0.1, 0.15) is 11.9 Å². The Bertz CT molecular complexity index is 760. The number of hydrogen-bond donors (Lipinski definition) is 0. The number of ether oxygens (including phenoxy) is 2. The molecule has 2 aromatic rings. The molecule has 2 fully saturated rings. The van der Waals surface area contributed by atoms with Gasteiger partial charge < -0.3 is 14.4 Å². The highest BCUT2D eigenvalue weighted by molar-refractivity contribution is 5.48. The largest absolute Gasteiger partial charge is 0.489 e. The summed E-state index contributed by atoms with van der Waals surface area (Å²) in [6.07, 6.45) is -1.13. The summed E-state index contributed by atoms with van der Waals surface area (Å²) in [5, 5.41) is 0. The van der Waals surface area contributed by atoms with Gasteiger partial charge in [0.05, 0.1) is 24.8 Å². The number of para-hydroxylation sites is 1. The lowest BCUT2D eigenvalue weighted by molar-refractivity contribution is -0.137. The van der Waals surface area contributed by atoms with Crippen molar-refractivity contribution in [2.45, 2.75) is 37.6 Å². The lowest BCUT2D eigenvalue weighted by atomic mass is 10.2. The number of alkyl halides is 3. The number of hydrogen-bond acceptors (Lipinski definition) is 3. The second-order valence-corrected chi connectivity index (χ2v) is 7.62. The van der Waals surface area contributed by atoms with Gasteiger partial charge in [-0.3, -0.25) is 0 Å². The van der Waals surface area contributed by atoms with Crippen molar-refractivity contribution in [3.05, 3.63) is 60.2 Å². The molecule has 0 spiro atoms. The second-order valence-electron chi connectivity index (χ2n) is 7.62. The summed E-state index contributed by atoms with van der Waals surface area (Å²) in [5.74, 6) is 1.18. The summed E-state index contributed by atoms with van der Waals surface area (Å²) in [4.78, 5) is 2.28. The molecule has 0 N–H and O–H groups in total.